The summed E-state index contributed by atoms with van der Waals surface area (Å²) in [5.41, 5.74) is 10.1. The van der Waals surface area contributed by atoms with Gasteiger partial charge in [-0.15, -0.1) is 0 Å². The molecule has 3 N–H and O–H groups in total. The van der Waals surface area contributed by atoms with Crippen molar-refractivity contribution in [3.05, 3.63) is 23.5 Å². The van der Waals surface area contributed by atoms with E-state index in [-0.39, 0.29) is 5.91 Å². The third-order valence-corrected chi connectivity index (χ3v) is 3.26. The Kier molecular flexibility index (Phi) is 3.75. The van der Waals surface area contributed by atoms with Gasteiger partial charge in [-0.2, -0.15) is 0 Å². The maximum atomic E-state index is 12.1. The van der Waals surface area contributed by atoms with Gasteiger partial charge in [-0.05, 0) is 39.3 Å². The number of nitrogens with zero attached hydrogens (tertiary/aromatic N) is 1. The molecule has 1 atom stereocenters. The van der Waals surface area contributed by atoms with Crippen molar-refractivity contribution in [3.8, 4) is 0 Å². The average Bonchev–Trinajstić information content (AvgIpc) is 2.59. The van der Waals surface area contributed by atoms with Crippen LogP contribution in [-0.4, -0.2) is 17.1 Å². The van der Waals surface area contributed by atoms with Gasteiger partial charge in [0.25, 0.3) is 0 Å². The molecule has 0 aliphatic carbocycles. The number of nitrogens with two attached hydrogens (primary N) is 1. The molecule has 4 heteroatoms. The quantitative estimate of drug-likeness (QED) is 0.813. The Morgan fingerprint density at radius 1 is 1.44 bits per heavy atom. The van der Waals surface area contributed by atoms with Crippen LogP contribution in [0.3, 0.4) is 0 Å². The maximum absolute atomic E-state index is 12.1. The Morgan fingerprint density at radius 2 is 1.94 bits per heavy atom. The molecular weight excluding hydrogens is 202 g/mol. The van der Waals surface area contributed by atoms with Gasteiger partial charge in [0.05, 0.1) is 5.41 Å². The number of hydrogen-bond acceptors (Lipinski definition) is 2. The summed E-state index contributed by atoms with van der Waals surface area (Å²) in [6.07, 6.45) is 0.731. The van der Waals surface area contributed by atoms with E-state index >= 15 is 0 Å². The summed E-state index contributed by atoms with van der Waals surface area (Å²) < 4.78 is 1.80. The standard InChI is InChI=1S/C12H21N3O/c1-5-12(4,8-13)11(16)14-15-9(2)6-7-10(15)3/h6-7H,5,8,13H2,1-4H3,(H,14,16). The lowest BCUT2D eigenvalue weighted by molar-refractivity contribution is -0.125. The summed E-state index contributed by atoms with van der Waals surface area (Å²) in [6, 6.07) is 3.95. The molecule has 0 bridgehead atoms. The lowest BCUT2D eigenvalue weighted by Gasteiger charge is -2.26. The first-order valence-corrected chi connectivity index (χ1v) is 5.61. The van der Waals surface area contributed by atoms with Crippen molar-refractivity contribution in [1.29, 1.82) is 0 Å². The molecule has 1 aromatic rings. The van der Waals surface area contributed by atoms with Gasteiger partial charge in [0.1, 0.15) is 0 Å². The molecule has 0 aliphatic heterocycles. The van der Waals surface area contributed by atoms with Crippen molar-refractivity contribution in [2.75, 3.05) is 12.0 Å². The van der Waals surface area contributed by atoms with E-state index in [0.29, 0.717) is 6.54 Å². The first-order valence-electron chi connectivity index (χ1n) is 5.61. The molecule has 0 radical (unpaired) electrons. The molecule has 0 saturated heterocycles. The number of nitrogens with one attached hydrogen (secondary N) is 1. The highest BCUT2D eigenvalue weighted by Crippen LogP contribution is 2.20. The molecule has 0 saturated carbocycles. The molecule has 16 heavy (non-hydrogen) atoms. The van der Waals surface area contributed by atoms with Crippen LogP contribution in [0.5, 0.6) is 0 Å². The Morgan fingerprint density at radius 3 is 2.31 bits per heavy atom. The van der Waals surface area contributed by atoms with E-state index < -0.39 is 5.41 Å². The number of amides is 1. The molecule has 90 valence electrons. The lowest BCUT2D eigenvalue weighted by Crippen LogP contribution is -2.42. The maximum Gasteiger partial charge on any atom is 0.245 e. The second-order valence-electron chi connectivity index (χ2n) is 4.51. The van der Waals surface area contributed by atoms with Crippen LogP contribution in [0.2, 0.25) is 0 Å². The number of aromatic nitrogens is 1. The monoisotopic (exact) mass is 223 g/mol. The van der Waals surface area contributed by atoms with Crippen LogP contribution in [0, 0.1) is 19.3 Å². The summed E-state index contributed by atoms with van der Waals surface area (Å²) in [5, 5.41) is 0. The van der Waals surface area contributed by atoms with Gasteiger partial charge in [-0.1, -0.05) is 6.92 Å². The van der Waals surface area contributed by atoms with Gasteiger partial charge in [-0.25, -0.2) is 0 Å². The highest BCUT2D eigenvalue weighted by molar-refractivity contribution is 5.89. The van der Waals surface area contributed by atoms with E-state index in [1.54, 1.807) is 4.68 Å². The minimum absolute atomic E-state index is 0.0279. The summed E-state index contributed by atoms with van der Waals surface area (Å²) >= 11 is 0. The first-order chi connectivity index (χ1) is 7.44. The first kappa shape index (κ1) is 12.8. The minimum atomic E-state index is -0.497. The van der Waals surface area contributed by atoms with Crippen LogP contribution < -0.4 is 11.2 Å². The predicted octanol–water partition coefficient (Wildman–Crippen LogP) is 1.55. The lowest BCUT2D eigenvalue weighted by atomic mass is 9.87. The SMILES string of the molecule is CCC(C)(CN)C(=O)Nn1c(C)ccc1C. The van der Waals surface area contributed by atoms with Gasteiger partial charge in [-0.3, -0.25) is 14.9 Å². The predicted molar refractivity (Wildman–Crippen MR) is 65.7 cm³/mol. The smallest absolute Gasteiger partial charge is 0.245 e. The molecule has 0 spiro atoms. The zero-order valence-corrected chi connectivity index (χ0v) is 10.5. The Labute approximate surface area is 96.8 Å². The molecule has 4 nitrogen and oxygen atoms in total. The molecule has 0 fully saturated rings. The van der Waals surface area contributed by atoms with Crippen molar-refractivity contribution in [1.82, 2.24) is 4.68 Å². The van der Waals surface area contributed by atoms with E-state index in [1.807, 2.05) is 39.8 Å². The van der Waals surface area contributed by atoms with Crippen LogP contribution in [0.4, 0.5) is 0 Å². The summed E-state index contributed by atoms with van der Waals surface area (Å²) in [6.45, 7) is 8.13. The molecule has 1 heterocycles. The Hall–Kier alpha value is -1.29. The molecule has 1 rings (SSSR count). The molecule has 1 aromatic heterocycles. The van der Waals surface area contributed by atoms with E-state index in [2.05, 4.69) is 5.43 Å². The van der Waals surface area contributed by atoms with Gasteiger partial charge < -0.3 is 5.73 Å². The molecule has 1 unspecified atom stereocenters. The van der Waals surface area contributed by atoms with Crippen LogP contribution in [-0.2, 0) is 4.79 Å². The highest BCUT2D eigenvalue weighted by atomic mass is 16.2. The fraction of sp³-hybridized carbons (Fsp3) is 0.583. The van der Waals surface area contributed by atoms with Crippen molar-refractivity contribution < 1.29 is 4.79 Å². The largest absolute Gasteiger partial charge is 0.329 e. The Bertz CT molecular complexity index is 358. The average molecular weight is 223 g/mol. The second-order valence-corrected chi connectivity index (χ2v) is 4.51. The third-order valence-electron chi connectivity index (χ3n) is 3.26. The van der Waals surface area contributed by atoms with E-state index in [1.165, 1.54) is 0 Å². The second kappa shape index (κ2) is 4.70. The Balaban J connectivity index is 2.86. The summed E-state index contributed by atoms with van der Waals surface area (Å²) in [4.78, 5) is 12.1. The van der Waals surface area contributed by atoms with Crippen LogP contribution in [0.1, 0.15) is 31.7 Å². The minimum Gasteiger partial charge on any atom is -0.329 e. The van der Waals surface area contributed by atoms with Crippen molar-refractivity contribution in [2.45, 2.75) is 34.1 Å². The highest BCUT2D eigenvalue weighted by Gasteiger charge is 2.30. The molecular formula is C12H21N3O. The molecule has 0 aromatic carbocycles. The van der Waals surface area contributed by atoms with Crippen molar-refractivity contribution >= 4 is 5.91 Å². The van der Waals surface area contributed by atoms with Crippen LogP contribution in [0.25, 0.3) is 0 Å². The number of hydrogen-bond donors (Lipinski definition) is 2. The summed E-state index contributed by atoms with van der Waals surface area (Å²) in [7, 11) is 0. The van der Waals surface area contributed by atoms with E-state index in [9.17, 15) is 4.79 Å². The number of rotatable bonds is 4. The van der Waals surface area contributed by atoms with Gasteiger partial charge in [0.15, 0.2) is 0 Å². The van der Waals surface area contributed by atoms with Crippen molar-refractivity contribution in [3.63, 3.8) is 0 Å². The number of carbonyl (C=O) groups excluding carboxylic acids is 1. The van der Waals surface area contributed by atoms with E-state index in [0.717, 1.165) is 17.8 Å². The van der Waals surface area contributed by atoms with E-state index in [4.69, 9.17) is 5.73 Å². The fourth-order valence-electron chi connectivity index (χ4n) is 1.48. The molecule has 0 aliphatic rings. The normalized spacial score (nSPS) is 14.6. The zero-order valence-electron chi connectivity index (χ0n) is 10.5. The summed E-state index contributed by atoms with van der Waals surface area (Å²) in [5.74, 6) is -0.0279. The number of aryl methyl sites for hydroxylation is 2. The van der Waals surface area contributed by atoms with Crippen LogP contribution in [0.15, 0.2) is 12.1 Å². The number of carbonyl (C=O) groups is 1. The van der Waals surface area contributed by atoms with Crippen LogP contribution >= 0.6 is 0 Å². The zero-order chi connectivity index (χ0) is 12.3. The fourth-order valence-corrected chi connectivity index (χ4v) is 1.48. The van der Waals surface area contributed by atoms with Gasteiger partial charge in [0, 0.05) is 17.9 Å². The molecule has 1 amide bonds. The topological polar surface area (TPSA) is 60.1 Å². The van der Waals surface area contributed by atoms with Gasteiger partial charge >= 0.3 is 0 Å². The van der Waals surface area contributed by atoms with Crippen molar-refractivity contribution in [2.24, 2.45) is 11.1 Å². The van der Waals surface area contributed by atoms with Gasteiger partial charge in [0.2, 0.25) is 5.91 Å². The third kappa shape index (κ3) is 2.27.